The zero-order valence-electron chi connectivity index (χ0n) is 14.1. The van der Waals surface area contributed by atoms with Crippen molar-refractivity contribution in [2.24, 2.45) is 0 Å². The number of benzene rings is 2. The first-order valence-corrected chi connectivity index (χ1v) is 10.9. The average Bonchev–Trinajstić information content (AvgIpc) is 2.68. The minimum absolute atomic E-state index is 0.0341. The monoisotopic (exact) mass is 409 g/mol. The zero-order chi connectivity index (χ0) is 19.7. The highest BCUT2D eigenvalue weighted by Gasteiger charge is 2.34. The Balaban J connectivity index is 1.79. The summed E-state index contributed by atoms with van der Waals surface area (Å²) in [6.45, 7) is -0.146. The molecule has 1 heterocycles. The Morgan fingerprint density at radius 1 is 0.815 bits per heavy atom. The van der Waals surface area contributed by atoms with Crippen LogP contribution in [0, 0.1) is 17.1 Å². The van der Waals surface area contributed by atoms with Gasteiger partial charge in [-0.25, -0.2) is 21.2 Å². The van der Waals surface area contributed by atoms with Gasteiger partial charge in [-0.05, 0) is 36.4 Å². The molecule has 7 nitrogen and oxygen atoms in total. The second-order valence-electron chi connectivity index (χ2n) is 5.87. The molecule has 0 N–H and O–H groups in total. The number of piperazine rings is 1. The molecule has 0 aromatic heterocycles. The summed E-state index contributed by atoms with van der Waals surface area (Å²) in [6.07, 6.45) is 0. The van der Waals surface area contributed by atoms with E-state index in [9.17, 15) is 21.2 Å². The summed E-state index contributed by atoms with van der Waals surface area (Å²) < 4.78 is 66.2. The van der Waals surface area contributed by atoms with Crippen molar-refractivity contribution in [1.82, 2.24) is 8.61 Å². The molecule has 1 aliphatic heterocycles. The summed E-state index contributed by atoms with van der Waals surface area (Å²) in [7, 11) is -7.74. The highest BCUT2D eigenvalue weighted by Crippen LogP contribution is 2.23. The lowest BCUT2D eigenvalue weighted by Gasteiger charge is -2.33. The largest absolute Gasteiger partial charge is 0.244 e. The van der Waals surface area contributed by atoms with E-state index in [1.54, 1.807) is 6.07 Å². The summed E-state index contributed by atoms with van der Waals surface area (Å²) in [4.78, 5) is -0.141. The van der Waals surface area contributed by atoms with E-state index < -0.39 is 25.9 Å². The zero-order valence-corrected chi connectivity index (χ0v) is 15.7. The van der Waals surface area contributed by atoms with Crippen molar-refractivity contribution >= 4 is 20.0 Å². The van der Waals surface area contributed by atoms with Crippen LogP contribution in [0.5, 0.6) is 0 Å². The molecular formula is C17H16FN3O4S2. The van der Waals surface area contributed by atoms with E-state index in [0.29, 0.717) is 0 Å². The molecule has 1 fully saturated rings. The molecule has 2 aromatic carbocycles. The van der Waals surface area contributed by atoms with Gasteiger partial charge in [-0.3, -0.25) is 0 Å². The van der Waals surface area contributed by atoms with Gasteiger partial charge in [-0.1, -0.05) is 12.1 Å². The number of sulfonamides is 2. The standard InChI is InChI=1S/C17H16FN3O4S2/c18-15-5-7-16(8-6-15)26(22,23)20-9-11-21(12-10-20)27(24,25)17-4-2-1-3-14(17)13-19/h1-8H,9-12H2. The molecule has 0 aliphatic carbocycles. The molecule has 10 heteroatoms. The smallest absolute Gasteiger partial charge is 0.207 e. The third-order valence-electron chi connectivity index (χ3n) is 4.27. The van der Waals surface area contributed by atoms with Crippen molar-refractivity contribution in [2.45, 2.75) is 9.79 Å². The van der Waals surface area contributed by atoms with Gasteiger partial charge in [0, 0.05) is 26.2 Å². The van der Waals surface area contributed by atoms with Crippen molar-refractivity contribution in [3.8, 4) is 6.07 Å². The molecule has 1 saturated heterocycles. The van der Waals surface area contributed by atoms with Crippen LogP contribution in [0.4, 0.5) is 4.39 Å². The number of nitrogens with zero attached hydrogens (tertiary/aromatic N) is 3. The summed E-state index contributed by atoms with van der Waals surface area (Å²) in [5.41, 5.74) is 0.0406. The Morgan fingerprint density at radius 2 is 1.33 bits per heavy atom. The fourth-order valence-electron chi connectivity index (χ4n) is 2.83. The highest BCUT2D eigenvalue weighted by atomic mass is 32.2. The van der Waals surface area contributed by atoms with Crippen LogP contribution < -0.4 is 0 Å². The number of rotatable bonds is 4. The molecule has 2 aromatic rings. The number of hydrogen-bond acceptors (Lipinski definition) is 5. The predicted octanol–water partition coefficient (Wildman–Crippen LogP) is 1.39. The Labute approximate surface area is 157 Å². The third-order valence-corrected chi connectivity index (χ3v) is 8.14. The van der Waals surface area contributed by atoms with Crippen LogP contribution in [-0.2, 0) is 20.0 Å². The molecule has 0 radical (unpaired) electrons. The van der Waals surface area contributed by atoms with Crippen molar-refractivity contribution in [1.29, 1.82) is 5.26 Å². The Bertz CT molecular complexity index is 1090. The average molecular weight is 409 g/mol. The van der Waals surface area contributed by atoms with E-state index in [0.717, 1.165) is 12.1 Å². The van der Waals surface area contributed by atoms with E-state index in [4.69, 9.17) is 5.26 Å². The molecule has 142 valence electrons. The van der Waals surface area contributed by atoms with Crippen LogP contribution in [0.25, 0.3) is 0 Å². The minimum Gasteiger partial charge on any atom is -0.207 e. The topological polar surface area (TPSA) is 98.5 Å². The first kappa shape index (κ1) is 19.4. The SMILES string of the molecule is N#Cc1ccccc1S(=O)(=O)N1CCN(S(=O)(=O)c2ccc(F)cc2)CC1. The predicted molar refractivity (Wildman–Crippen MR) is 95.1 cm³/mol. The van der Waals surface area contributed by atoms with Crippen LogP contribution in [-0.4, -0.2) is 51.6 Å². The van der Waals surface area contributed by atoms with E-state index in [2.05, 4.69) is 0 Å². The summed E-state index contributed by atoms with van der Waals surface area (Å²) in [6, 6.07) is 12.2. The first-order chi connectivity index (χ1) is 12.8. The Hall–Kier alpha value is -2.32. The lowest BCUT2D eigenvalue weighted by atomic mass is 10.2. The molecule has 0 amide bonds. The van der Waals surface area contributed by atoms with Crippen LogP contribution in [0.1, 0.15) is 5.56 Å². The van der Waals surface area contributed by atoms with Gasteiger partial charge in [-0.15, -0.1) is 0 Å². The maximum absolute atomic E-state index is 13.0. The molecule has 27 heavy (non-hydrogen) atoms. The second kappa shape index (κ2) is 7.36. The molecule has 3 rings (SSSR count). The third kappa shape index (κ3) is 3.72. The van der Waals surface area contributed by atoms with Gasteiger partial charge in [0.2, 0.25) is 20.0 Å². The van der Waals surface area contributed by atoms with Gasteiger partial charge in [-0.2, -0.15) is 13.9 Å². The van der Waals surface area contributed by atoms with E-state index in [1.807, 2.05) is 6.07 Å². The van der Waals surface area contributed by atoms with Crippen LogP contribution in [0.15, 0.2) is 58.3 Å². The summed E-state index contributed by atoms with van der Waals surface area (Å²) >= 11 is 0. The number of halogens is 1. The lowest BCUT2D eigenvalue weighted by Crippen LogP contribution is -2.50. The quantitative estimate of drug-likeness (QED) is 0.760. The highest BCUT2D eigenvalue weighted by molar-refractivity contribution is 7.89. The molecule has 0 atom stereocenters. The summed E-state index contributed by atoms with van der Waals surface area (Å²) in [5, 5.41) is 9.13. The second-order valence-corrected chi connectivity index (χ2v) is 9.71. The first-order valence-electron chi connectivity index (χ1n) is 8.02. The Kier molecular flexibility index (Phi) is 5.30. The fraction of sp³-hybridized carbons (Fsp3) is 0.235. The number of nitriles is 1. The maximum Gasteiger partial charge on any atom is 0.244 e. The van der Waals surface area contributed by atoms with Gasteiger partial charge < -0.3 is 0 Å². The van der Waals surface area contributed by atoms with Gasteiger partial charge in [0.25, 0.3) is 0 Å². The van der Waals surface area contributed by atoms with Crippen molar-refractivity contribution in [2.75, 3.05) is 26.2 Å². The van der Waals surface area contributed by atoms with E-state index in [1.165, 1.54) is 38.9 Å². The van der Waals surface area contributed by atoms with Gasteiger partial charge >= 0.3 is 0 Å². The van der Waals surface area contributed by atoms with E-state index >= 15 is 0 Å². The van der Waals surface area contributed by atoms with Gasteiger partial charge in [0.15, 0.2) is 0 Å². The molecular weight excluding hydrogens is 393 g/mol. The van der Waals surface area contributed by atoms with Crippen LogP contribution in [0.2, 0.25) is 0 Å². The Morgan fingerprint density at radius 3 is 1.89 bits per heavy atom. The fourth-order valence-corrected chi connectivity index (χ4v) is 5.82. The van der Waals surface area contributed by atoms with Gasteiger partial charge in [0.1, 0.15) is 11.9 Å². The van der Waals surface area contributed by atoms with Gasteiger partial charge in [0.05, 0.1) is 15.4 Å². The molecule has 0 saturated carbocycles. The molecule has 1 aliphatic rings. The van der Waals surface area contributed by atoms with Crippen LogP contribution in [0.3, 0.4) is 0 Å². The minimum atomic E-state index is -3.90. The normalized spacial score (nSPS) is 16.7. The van der Waals surface area contributed by atoms with E-state index in [-0.39, 0.29) is 41.5 Å². The summed E-state index contributed by atoms with van der Waals surface area (Å²) in [5.74, 6) is -0.541. The lowest BCUT2D eigenvalue weighted by molar-refractivity contribution is 0.273. The van der Waals surface area contributed by atoms with Crippen molar-refractivity contribution in [3.05, 3.63) is 59.9 Å². The molecule has 0 bridgehead atoms. The molecule has 0 unspecified atom stereocenters. The van der Waals surface area contributed by atoms with Crippen molar-refractivity contribution < 1.29 is 21.2 Å². The van der Waals surface area contributed by atoms with Crippen LogP contribution >= 0.6 is 0 Å². The maximum atomic E-state index is 13.0. The molecule has 0 spiro atoms. The van der Waals surface area contributed by atoms with Crippen molar-refractivity contribution in [3.63, 3.8) is 0 Å². The number of hydrogen-bond donors (Lipinski definition) is 0.